The molecular weight excluding hydrogens is 335 g/mol. The van der Waals surface area contributed by atoms with E-state index in [2.05, 4.69) is 49.6 Å². The maximum absolute atomic E-state index is 6.00. The van der Waals surface area contributed by atoms with Crippen LogP contribution in [0.15, 0.2) is 36.4 Å². The van der Waals surface area contributed by atoms with E-state index in [1.54, 1.807) is 18.2 Å². The summed E-state index contributed by atoms with van der Waals surface area (Å²) in [5.74, 6) is 0.408. The molecule has 0 fully saturated rings. The Bertz CT molecular complexity index is 679. The van der Waals surface area contributed by atoms with Crippen molar-refractivity contribution in [2.24, 2.45) is 0 Å². The second kappa shape index (κ2) is 7.32. The highest BCUT2D eigenvalue weighted by Gasteiger charge is 2.10. The zero-order chi connectivity index (χ0) is 16.3. The molecule has 0 amide bonds. The summed E-state index contributed by atoms with van der Waals surface area (Å²) < 4.78 is 0. The van der Waals surface area contributed by atoms with Crippen LogP contribution < -0.4 is 10.6 Å². The molecule has 2 nitrogen and oxygen atoms in total. The molecule has 0 heterocycles. The van der Waals surface area contributed by atoms with Gasteiger partial charge in [-0.25, -0.2) is 0 Å². The number of halogens is 2. The minimum atomic E-state index is 0.408. The lowest BCUT2D eigenvalue weighted by Crippen LogP contribution is -2.20. The van der Waals surface area contributed by atoms with E-state index in [1.165, 1.54) is 5.56 Å². The second-order valence-corrected chi connectivity index (χ2v) is 6.71. The Morgan fingerprint density at radius 1 is 1.05 bits per heavy atom. The Balaban J connectivity index is 2.19. The minimum absolute atomic E-state index is 0.408. The predicted molar refractivity (Wildman–Crippen MR) is 102 cm³/mol. The predicted octanol–water partition coefficient (Wildman–Crippen LogP) is 6.23. The van der Waals surface area contributed by atoms with Crippen molar-refractivity contribution in [3.8, 4) is 0 Å². The molecule has 0 aliphatic rings. The molecule has 2 N–H and O–H groups in total. The van der Waals surface area contributed by atoms with Crippen LogP contribution >= 0.6 is 35.4 Å². The Morgan fingerprint density at radius 2 is 1.68 bits per heavy atom. The topological polar surface area (TPSA) is 24.1 Å². The van der Waals surface area contributed by atoms with Crippen molar-refractivity contribution < 1.29 is 0 Å². The van der Waals surface area contributed by atoms with Crippen LogP contribution in [0, 0.1) is 6.92 Å². The Labute approximate surface area is 146 Å². The number of thiocarbonyl (C=S) groups is 1. The third-order valence-corrected chi connectivity index (χ3v) is 3.93. The van der Waals surface area contributed by atoms with Gasteiger partial charge in [0.2, 0.25) is 0 Å². The first-order valence-electron chi connectivity index (χ1n) is 7.00. The van der Waals surface area contributed by atoms with Gasteiger partial charge in [0.25, 0.3) is 0 Å². The van der Waals surface area contributed by atoms with Crippen LogP contribution in [0.4, 0.5) is 11.4 Å². The molecule has 0 aliphatic heterocycles. The maximum atomic E-state index is 6.00. The highest BCUT2D eigenvalue weighted by atomic mass is 35.5. The van der Waals surface area contributed by atoms with Gasteiger partial charge in [-0.2, -0.15) is 0 Å². The average molecular weight is 353 g/mol. The molecule has 2 aromatic rings. The van der Waals surface area contributed by atoms with E-state index in [1.807, 2.05) is 0 Å². The standard InChI is InChI=1S/C17H18Cl2N2S/c1-10(2)15-6-4-5-11(3)16(15)21-17(22)20-14-8-12(18)7-13(19)9-14/h4-10H,1-3H3,(H2,20,21,22). The average Bonchev–Trinajstić information content (AvgIpc) is 2.39. The Kier molecular flexibility index (Phi) is 5.68. The van der Waals surface area contributed by atoms with Crippen LogP contribution in [0.2, 0.25) is 10.0 Å². The normalized spacial score (nSPS) is 10.6. The lowest BCUT2D eigenvalue weighted by molar-refractivity contribution is 0.868. The van der Waals surface area contributed by atoms with Crippen LogP contribution in [0.25, 0.3) is 0 Å². The molecule has 0 aromatic heterocycles. The number of rotatable bonds is 3. The largest absolute Gasteiger partial charge is 0.332 e. The van der Waals surface area contributed by atoms with Gasteiger partial charge in [-0.05, 0) is 54.4 Å². The molecule has 0 unspecified atom stereocenters. The highest BCUT2D eigenvalue weighted by molar-refractivity contribution is 7.80. The molecule has 0 saturated carbocycles. The van der Waals surface area contributed by atoms with E-state index in [0.717, 1.165) is 16.9 Å². The van der Waals surface area contributed by atoms with Gasteiger partial charge in [-0.3, -0.25) is 0 Å². The summed E-state index contributed by atoms with van der Waals surface area (Å²) in [6.07, 6.45) is 0. The van der Waals surface area contributed by atoms with Gasteiger partial charge >= 0.3 is 0 Å². The lowest BCUT2D eigenvalue weighted by atomic mass is 9.98. The van der Waals surface area contributed by atoms with Crippen molar-refractivity contribution in [2.45, 2.75) is 26.7 Å². The van der Waals surface area contributed by atoms with Crippen molar-refractivity contribution in [1.29, 1.82) is 0 Å². The van der Waals surface area contributed by atoms with Gasteiger partial charge in [0.05, 0.1) is 0 Å². The molecule has 2 aromatic carbocycles. The third-order valence-electron chi connectivity index (χ3n) is 3.29. The maximum Gasteiger partial charge on any atom is 0.175 e. The fourth-order valence-electron chi connectivity index (χ4n) is 2.24. The fourth-order valence-corrected chi connectivity index (χ4v) is 2.99. The van der Waals surface area contributed by atoms with Gasteiger partial charge in [0, 0.05) is 21.4 Å². The zero-order valence-electron chi connectivity index (χ0n) is 12.7. The molecule has 0 atom stereocenters. The SMILES string of the molecule is Cc1cccc(C(C)C)c1NC(=S)Nc1cc(Cl)cc(Cl)c1. The van der Waals surface area contributed by atoms with Crippen LogP contribution in [0.5, 0.6) is 0 Å². The summed E-state index contributed by atoms with van der Waals surface area (Å²) in [5, 5.41) is 8.04. The van der Waals surface area contributed by atoms with Crippen molar-refractivity contribution in [3.63, 3.8) is 0 Å². The number of nitrogens with one attached hydrogen (secondary N) is 2. The number of benzene rings is 2. The first-order valence-corrected chi connectivity index (χ1v) is 8.17. The molecule has 0 radical (unpaired) electrons. The van der Waals surface area contributed by atoms with Crippen molar-refractivity contribution in [1.82, 2.24) is 0 Å². The summed E-state index contributed by atoms with van der Waals surface area (Å²) in [6, 6.07) is 11.5. The van der Waals surface area contributed by atoms with E-state index in [9.17, 15) is 0 Å². The molecule has 116 valence electrons. The lowest BCUT2D eigenvalue weighted by Gasteiger charge is -2.18. The third kappa shape index (κ3) is 4.35. The number of hydrogen-bond donors (Lipinski definition) is 2. The van der Waals surface area contributed by atoms with Gasteiger partial charge in [-0.1, -0.05) is 55.2 Å². The molecular formula is C17H18Cl2N2S. The van der Waals surface area contributed by atoms with Gasteiger partial charge in [0.1, 0.15) is 0 Å². The van der Waals surface area contributed by atoms with Crippen molar-refractivity contribution in [2.75, 3.05) is 10.6 Å². The van der Waals surface area contributed by atoms with E-state index in [4.69, 9.17) is 35.4 Å². The van der Waals surface area contributed by atoms with Gasteiger partial charge in [0.15, 0.2) is 5.11 Å². The Hall–Kier alpha value is -1.29. The first-order chi connectivity index (χ1) is 10.4. The zero-order valence-corrected chi connectivity index (χ0v) is 15.0. The molecule has 0 aliphatic carbocycles. The minimum Gasteiger partial charge on any atom is -0.332 e. The molecule has 2 rings (SSSR count). The smallest absolute Gasteiger partial charge is 0.175 e. The number of hydrogen-bond acceptors (Lipinski definition) is 1. The summed E-state index contributed by atoms with van der Waals surface area (Å²) >= 11 is 17.4. The highest BCUT2D eigenvalue weighted by Crippen LogP contribution is 2.28. The number of anilines is 2. The Morgan fingerprint density at radius 3 is 2.27 bits per heavy atom. The fraction of sp³-hybridized carbons (Fsp3) is 0.235. The first kappa shape index (κ1) is 17.1. The summed E-state index contributed by atoms with van der Waals surface area (Å²) in [7, 11) is 0. The van der Waals surface area contributed by atoms with E-state index in [0.29, 0.717) is 21.1 Å². The van der Waals surface area contributed by atoms with Gasteiger partial charge < -0.3 is 10.6 Å². The quantitative estimate of drug-likeness (QED) is 0.639. The molecule has 0 spiro atoms. The molecule has 5 heteroatoms. The van der Waals surface area contributed by atoms with Crippen LogP contribution in [0.1, 0.15) is 30.9 Å². The van der Waals surface area contributed by atoms with Crippen molar-refractivity contribution in [3.05, 3.63) is 57.6 Å². The van der Waals surface area contributed by atoms with Gasteiger partial charge in [-0.15, -0.1) is 0 Å². The summed E-state index contributed by atoms with van der Waals surface area (Å²) in [5.41, 5.74) is 4.19. The van der Waals surface area contributed by atoms with Crippen LogP contribution in [0.3, 0.4) is 0 Å². The van der Waals surface area contributed by atoms with Crippen LogP contribution in [-0.4, -0.2) is 5.11 Å². The molecule has 22 heavy (non-hydrogen) atoms. The van der Waals surface area contributed by atoms with E-state index >= 15 is 0 Å². The summed E-state index contributed by atoms with van der Waals surface area (Å²) in [6.45, 7) is 6.38. The second-order valence-electron chi connectivity index (χ2n) is 5.43. The molecule has 0 saturated heterocycles. The number of aryl methyl sites for hydroxylation is 1. The van der Waals surface area contributed by atoms with E-state index < -0.39 is 0 Å². The van der Waals surface area contributed by atoms with E-state index in [-0.39, 0.29) is 0 Å². The van der Waals surface area contributed by atoms with Crippen LogP contribution in [-0.2, 0) is 0 Å². The van der Waals surface area contributed by atoms with Crippen molar-refractivity contribution >= 4 is 51.9 Å². The monoisotopic (exact) mass is 352 g/mol. The number of para-hydroxylation sites is 1. The molecule has 0 bridgehead atoms. The summed E-state index contributed by atoms with van der Waals surface area (Å²) in [4.78, 5) is 0.